The lowest BCUT2D eigenvalue weighted by Crippen LogP contribution is -2.46. The largest absolute Gasteiger partial charge is 0.444 e. The minimum absolute atomic E-state index is 0.0729. The molecule has 2 aromatic rings. The number of piperidine rings is 1. The minimum Gasteiger partial charge on any atom is -0.444 e. The lowest BCUT2D eigenvalue weighted by molar-refractivity contribution is 0.0105. The summed E-state index contributed by atoms with van der Waals surface area (Å²) in [5.74, 6) is -0.282. The maximum atomic E-state index is 15.1. The number of rotatable bonds is 4. The summed E-state index contributed by atoms with van der Waals surface area (Å²) in [4.78, 5) is 18.3. The number of aliphatic hydroxyl groups excluding tert-OH is 1. The summed E-state index contributed by atoms with van der Waals surface area (Å²) >= 11 is 0. The predicted molar refractivity (Wildman–Crippen MR) is 110 cm³/mol. The Morgan fingerprint density at radius 2 is 2.10 bits per heavy atom. The Balaban J connectivity index is 1.82. The number of carbonyl (C=O) groups is 1. The summed E-state index contributed by atoms with van der Waals surface area (Å²) < 4.78 is 35.8. The van der Waals surface area contributed by atoms with E-state index in [0.29, 0.717) is 30.0 Å². The molecule has 8 heteroatoms. The molecule has 1 aliphatic rings. The van der Waals surface area contributed by atoms with Crippen LogP contribution in [0.1, 0.15) is 44.5 Å². The van der Waals surface area contributed by atoms with Gasteiger partial charge in [-0.05, 0) is 57.9 Å². The number of ether oxygens (including phenoxy) is 1. The molecular weight excluding hydrogens is 392 g/mol. The molecule has 0 saturated carbocycles. The van der Waals surface area contributed by atoms with Gasteiger partial charge in [-0.25, -0.2) is 18.6 Å². The van der Waals surface area contributed by atoms with E-state index < -0.39 is 23.8 Å². The molecule has 1 aromatic heterocycles. The second-order valence-electron chi connectivity index (χ2n) is 8.70. The van der Waals surface area contributed by atoms with Crippen LogP contribution in [0.5, 0.6) is 0 Å². The first kappa shape index (κ1) is 22.2. The molecule has 2 heterocycles. The fourth-order valence-electron chi connectivity index (χ4n) is 3.64. The number of benzene rings is 1. The van der Waals surface area contributed by atoms with Crippen molar-refractivity contribution in [1.82, 2.24) is 14.5 Å². The number of carbonyl (C=O) groups excluding carboxylic acids is 1. The van der Waals surface area contributed by atoms with Gasteiger partial charge in [0, 0.05) is 24.8 Å². The Kier molecular flexibility index (Phi) is 6.45. The number of halogens is 2. The number of hydrogen-bond donors (Lipinski definition) is 1. The number of alkyl halides is 1. The summed E-state index contributed by atoms with van der Waals surface area (Å²) in [5, 5.41) is 9.43. The number of nitrogens with zero attached hydrogens (tertiary/aromatic N) is 3. The standard InChI is InChI=1S/C22H29F2N3O3/c1-14-11-15(5-6-17(14)23)19-13-26(9-10-28)20(25-19)16-7-8-27(12-18(16)24)21(29)30-22(2,3)4/h5-6,11,13,16,18,28H,7-10,12H2,1-4H3/t16-,18+/m0/s1. The predicted octanol–water partition coefficient (Wildman–Crippen LogP) is 4.05. The van der Waals surface area contributed by atoms with Crippen LogP contribution in [0.3, 0.4) is 0 Å². The summed E-state index contributed by atoms with van der Waals surface area (Å²) in [6, 6.07) is 4.71. The van der Waals surface area contributed by atoms with Crippen molar-refractivity contribution >= 4 is 6.09 Å². The highest BCUT2D eigenvalue weighted by atomic mass is 19.1. The van der Waals surface area contributed by atoms with Crippen molar-refractivity contribution < 1.29 is 23.4 Å². The number of amides is 1. The summed E-state index contributed by atoms with van der Waals surface area (Å²) in [7, 11) is 0. The van der Waals surface area contributed by atoms with E-state index in [1.807, 2.05) is 0 Å². The van der Waals surface area contributed by atoms with Gasteiger partial charge < -0.3 is 19.3 Å². The van der Waals surface area contributed by atoms with Crippen molar-refractivity contribution in [3.05, 3.63) is 41.6 Å². The van der Waals surface area contributed by atoms with Gasteiger partial charge in [-0.1, -0.05) is 0 Å². The molecule has 1 N–H and O–H groups in total. The molecule has 0 spiro atoms. The number of aryl methyl sites for hydroxylation is 1. The molecule has 1 aromatic carbocycles. The van der Waals surface area contributed by atoms with Gasteiger partial charge in [0.2, 0.25) is 0 Å². The quantitative estimate of drug-likeness (QED) is 0.809. The normalized spacial score (nSPS) is 19.8. The first-order valence-electron chi connectivity index (χ1n) is 10.2. The van der Waals surface area contributed by atoms with E-state index in [4.69, 9.17) is 4.74 Å². The Hall–Kier alpha value is -2.48. The molecule has 30 heavy (non-hydrogen) atoms. The molecule has 164 valence electrons. The average Bonchev–Trinajstić information content (AvgIpc) is 3.06. The van der Waals surface area contributed by atoms with Crippen molar-refractivity contribution in [3.63, 3.8) is 0 Å². The van der Waals surface area contributed by atoms with Gasteiger partial charge in [0.15, 0.2) is 0 Å². The Bertz CT molecular complexity index is 908. The maximum absolute atomic E-state index is 15.1. The van der Waals surface area contributed by atoms with Crippen molar-refractivity contribution in [2.45, 2.75) is 58.4 Å². The number of hydrogen-bond acceptors (Lipinski definition) is 4. The van der Waals surface area contributed by atoms with Gasteiger partial charge in [-0.15, -0.1) is 0 Å². The van der Waals surface area contributed by atoms with Gasteiger partial charge in [-0.2, -0.15) is 0 Å². The molecule has 1 saturated heterocycles. The molecule has 0 bridgehead atoms. The fourth-order valence-corrected chi connectivity index (χ4v) is 3.64. The number of imidazole rings is 1. The van der Waals surface area contributed by atoms with Crippen LogP contribution < -0.4 is 0 Å². The molecular formula is C22H29F2N3O3. The van der Waals surface area contributed by atoms with Crippen LogP contribution in [-0.2, 0) is 11.3 Å². The van der Waals surface area contributed by atoms with Crippen molar-refractivity contribution in [2.24, 2.45) is 0 Å². The third-order valence-electron chi connectivity index (χ3n) is 5.13. The Labute approximate surface area is 175 Å². The maximum Gasteiger partial charge on any atom is 0.410 e. The molecule has 1 aliphatic heterocycles. The Morgan fingerprint density at radius 1 is 1.37 bits per heavy atom. The van der Waals surface area contributed by atoms with Gasteiger partial charge in [0.25, 0.3) is 0 Å². The van der Waals surface area contributed by atoms with Crippen molar-refractivity contribution in [1.29, 1.82) is 0 Å². The van der Waals surface area contributed by atoms with Crippen LogP contribution in [0.4, 0.5) is 13.6 Å². The van der Waals surface area contributed by atoms with Gasteiger partial charge in [0.1, 0.15) is 23.4 Å². The molecule has 0 radical (unpaired) electrons. The van der Waals surface area contributed by atoms with Crippen LogP contribution in [0, 0.1) is 12.7 Å². The van der Waals surface area contributed by atoms with Gasteiger partial charge >= 0.3 is 6.09 Å². The van der Waals surface area contributed by atoms with Crippen LogP contribution in [0.2, 0.25) is 0 Å². The van der Waals surface area contributed by atoms with Crippen LogP contribution in [-0.4, -0.2) is 57.1 Å². The summed E-state index contributed by atoms with van der Waals surface area (Å²) in [6.45, 7) is 7.45. The Morgan fingerprint density at radius 3 is 2.70 bits per heavy atom. The number of aromatic nitrogens is 2. The smallest absolute Gasteiger partial charge is 0.410 e. The van der Waals surface area contributed by atoms with E-state index in [0.717, 1.165) is 5.56 Å². The lowest BCUT2D eigenvalue weighted by atomic mass is 9.94. The zero-order valence-electron chi connectivity index (χ0n) is 17.9. The van der Waals surface area contributed by atoms with Gasteiger partial charge in [0.05, 0.1) is 24.8 Å². The molecule has 6 nitrogen and oxygen atoms in total. The monoisotopic (exact) mass is 421 g/mol. The van der Waals surface area contributed by atoms with Crippen molar-refractivity contribution in [2.75, 3.05) is 19.7 Å². The summed E-state index contributed by atoms with van der Waals surface area (Å²) in [6.07, 6.45) is 0.314. The second kappa shape index (κ2) is 8.71. The third kappa shape index (κ3) is 4.98. The van der Waals surface area contributed by atoms with E-state index in [9.17, 15) is 14.3 Å². The average molecular weight is 421 g/mol. The highest BCUT2D eigenvalue weighted by molar-refractivity contribution is 5.68. The molecule has 1 amide bonds. The first-order valence-corrected chi connectivity index (χ1v) is 10.2. The number of aliphatic hydroxyl groups is 1. The van der Waals surface area contributed by atoms with E-state index in [1.165, 1.54) is 11.0 Å². The van der Waals surface area contributed by atoms with E-state index in [-0.39, 0.29) is 25.5 Å². The second-order valence-corrected chi connectivity index (χ2v) is 8.70. The topological polar surface area (TPSA) is 67.6 Å². The highest BCUT2D eigenvalue weighted by Crippen LogP contribution is 2.33. The SMILES string of the molecule is Cc1cc(-c2cn(CCO)c([C@H]3CCN(C(=O)OC(C)(C)C)C[C@H]3F)n2)ccc1F. The van der Waals surface area contributed by atoms with Crippen molar-refractivity contribution in [3.8, 4) is 11.3 Å². The highest BCUT2D eigenvalue weighted by Gasteiger charge is 2.36. The minimum atomic E-state index is -1.31. The zero-order chi connectivity index (χ0) is 22.1. The van der Waals surface area contributed by atoms with Crippen LogP contribution in [0.15, 0.2) is 24.4 Å². The van der Waals surface area contributed by atoms with Crippen LogP contribution in [0.25, 0.3) is 11.3 Å². The molecule has 3 rings (SSSR count). The molecule has 0 unspecified atom stereocenters. The summed E-state index contributed by atoms with van der Waals surface area (Å²) in [5.41, 5.74) is 1.19. The fraction of sp³-hybridized carbons (Fsp3) is 0.545. The first-order chi connectivity index (χ1) is 14.1. The lowest BCUT2D eigenvalue weighted by Gasteiger charge is -2.35. The van der Waals surface area contributed by atoms with Crippen LogP contribution >= 0.6 is 0 Å². The molecule has 0 aliphatic carbocycles. The van der Waals surface area contributed by atoms with E-state index in [2.05, 4.69) is 4.98 Å². The van der Waals surface area contributed by atoms with Gasteiger partial charge in [-0.3, -0.25) is 0 Å². The third-order valence-corrected chi connectivity index (χ3v) is 5.13. The van der Waals surface area contributed by atoms with E-state index in [1.54, 1.807) is 50.6 Å². The number of likely N-dealkylation sites (tertiary alicyclic amines) is 1. The molecule has 1 fully saturated rings. The molecule has 2 atom stereocenters. The zero-order valence-corrected chi connectivity index (χ0v) is 17.9. The van der Waals surface area contributed by atoms with E-state index >= 15 is 4.39 Å².